The Kier molecular flexibility index (Phi) is 1.46. The van der Waals surface area contributed by atoms with E-state index in [0.29, 0.717) is 0 Å². The number of hydrogen-bond acceptors (Lipinski definition) is 3. The van der Waals surface area contributed by atoms with Gasteiger partial charge in [-0.2, -0.15) is 11.3 Å². The predicted molar refractivity (Wildman–Crippen MR) is 69.4 cm³/mol. The van der Waals surface area contributed by atoms with Gasteiger partial charge in [-0.25, -0.2) is 0 Å². The van der Waals surface area contributed by atoms with Gasteiger partial charge in [0.15, 0.2) is 0 Å². The second-order valence-corrected chi connectivity index (χ2v) is 5.63. The second-order valence-electron chi connectivity index (χ2n) is 4.78. The summed E-state index contributed by atoms with van der Waals surface area (Å²) in [4.78, 5) is 0. The van der Waals surface area contributed by atoms with Crippen molar-refractivity contribution in [2.45, 2.75) is 52.1 Å². The maximum atomic E-state index is 7.97. The van der Waals surface area contributed by atoms with Gasteiger partial charge in [0.05, 0.1) is 13.9 Å². The first kappa shape index (κ1) is 6.03. The molecule has 1 aromatic heterocycles. The summed E-state index contributed by atoms with van der Waals surface area (Å²) in [6.45, 7) is 4.32. The summed E-state index contributed by atoms with van der Waals surface area (Å²) >= 11 is 0.822. The summed E-state index contributed by atoms with van der Waals surface area (Å²) in [5.41, 5.74) is -1.71. The molecule has 2 rings (SSSR count). The van der Waals surface area contributed by atoms with Crippen LogP contribution in [0.5, 0.6) is 0 Å². The average Bonchev–Trinajstić information content (AvgIpc) is 2.73. The lowest BCUT2D eigenvalue weighted by Gasteiger charge is -2.32. The van der Waals surface area contributed by atoms with E-state index in [1.807, 2.05) is 27.7 Å². The topological polar surface area (TPSA) is 18.5 Å². The Bertz CT molecular complexity index is 608. The molecular formula is C12H19BO2S. The summed E-state index contributed by atoms with van der Waals surface area (Å²) in [6, 6.07) is -0.430. The van der Waals surface area contributed by atoms with Crippen molar-refractivity contribution in [1.82, 2.24) is 0 Å². The summed E-state index contributed by atoms with van der Waals surface area (Å²) in [5.74, 6) is 0. The first-order valence-electron chi connectivity index (χ1n) is 8.58. The van der Waals surface area contributed by atoms with Gasteiger partial charge in [-0.1, -0.05) is 6.85 Å². The average molecular weight is 245 g/mol. The largest absolute Gasteiger partial charge is 0.505 e. The smallest absolute Gasteiger partial charge is 0.399 e. The Labute approximate surface area is 112 Å². The Hall–Kier alpha value is -0.315. The molecule has 0 unspecified atom stereocenters. The van der Waals surface area contributed by atoms with Crippen LogP contribution in [0.2, 0.25) is 0 Å². The Morgan fingerprint density at radius 2 is 2.06 bits per heavy atom. The normalized spacial score (nSPS) is 30.8. The first-order chi connectivity index (χ1) is 10.1. The molecule has 0 amide bonds. The highest BCUT2D eigenvalue weighted by atomic mass is 32.1. The molecule has 16 heavy (non-hydrogen) atoms. The van der Waals surface area contributed by atoms with Crippen LogP contribution in [0.3, 0.4) is 0 Å². The van der Waals surface area contributed by atoms with Crippen LogP contribution in [-0.2, 0) is 15.7 Å². The molecule has 0 spiro atoms. The van der Waals surface area contributed by atoms with Crippen molar-refractivity contribution in [1.29, 1.82) is 0 Å². The van der Waals surface area contributed by atoms with E-state index in [1.165, 1.54) is 0 Å². The first-order valence-corrected chi connectivity index (χ1v) is 5.89. The Balaban J connectivity index is 2.57. The van der Waals surface area contributed by atoms with Gasteiger partial charge in [0.2, 0.25) is 0 Å². The minimum Gasteiger partial charge on any atom is -0.399 e. The molecule has 0 atom stereocenters. The summed E-state index contributed by atoms with van der Waals surface area (Å²) in [5, 5.41) is -0.210. The van der Waals surface area contributed by atoms with Crippen LogP contribution in [0.25, 0.3) is 0 Å². The van der Waals surface area contributed by atoms with Gasteiger partial charge in [0.1, 0.15) is 0 Å². The molecule has 2 nitrogen and oxygen atoms in total. The third kappa shape index (κ3) is 1.83. The fourth-order valence-electron chi connectivity index (χ4n) is 1.45. The minimum absolute atomic E-state index is 0.139. The SMILES string of the molecule is [2H]c1sc(B2OC(C)(C)C(C)(C)O2)c(C([2H])([2H])C([2H])([2H])[2H])c1[2H]. The molecule has 0 bridgehead atoms. The Morgan fingerprint density at radius 1 is 1.44 bits per heavy atom. The van der Waals surface area contributed by atoms with Gasteiger partial charge in [0.25, 0.3) is 0 Å². The van der Waals surface area contributed by atoms with E-state index in [1.54, 1.807) is 0 Å². The molecule has 88 valence electrons. The third-order valence-corrected chi connectivity index (χ3v) is 4.00. The quantitative estimate of drug-likeness (QED) is 0.746. The van der Waals surface area contributed by atoms with E-state index in [-0.39, 0.29) is 15.7 Å². The predicted octanol–water partition coefficient (Wildman–Crippen LogP) is 2.61. The van der Waals surface area contributed by atoms with E-state index in [2.05, 4.69) is 0 Å². The molecule has 0 aliphatic carbocycles. The van der Waals surface area contributed by atoms with Gasteiger partial charge in [-0.3, -0.25) is 0 Å². The van der Waals surface area contributed by atoms with Crippen LogP contribution in [0.15, 0.2) is 11.4 Å². The van der Waals surface area contributed by atoms with Crippen molar-refractivity contribution in [2.24, 2.45) is 0 Å². The zero-order valence-corrected chi connectivity index (χ0v) is 10.6. The molecule has 1 aromatic rings. The fraction of sp³-hybridized carbons (Fsp3) is 0.667. The molecule has 0 aromatic carbocycles. The van der Waals surface area contributed by atoms with E-state index in [4.69, 9.17) is 18.9 Å². The van der Waals surface area contributed by atoms with Gasteiger partial charge in [-0.15, -0.1) is 0 Å². The van der Waals surface area contributed by atoms with Gasteiger partial charge >= 0.3 is 7.12 Å². The molecule has 4 heteroatoms. The highest BCUT2D eigenvalue weighted by molar-refractivity contribution is 7.21. The van der Waals surface area contributed by atoms with Crippen molar-refractivity contribution in [3.63, 3.8) is 0 Å². The monoisotopic (exact) mass is 245 g/mol. The van der Waals surface area contributed by atoms with Crippen molar-refractivity contribution in [3.05, 3.63) is 17.0 Å². The second kappa shape index (κ2) is 3.86. The van der Waals surface area contributed by atoms with E-state index < -0.39 is 37.6 Å². The molecule has 2 heterocycles. The molecular weight excluding hydrogens is 219 g/mol. The number of thiophene rings is 1. The third-order valence-electron chi connectivity index (χ3n) is 3.18. The molecule has 1 fully saturated rings. The summed E-state index contributed by atoms with van der Waals surface area (Å²) in [6.07, 6.45) is -2.77. The molecule has 0 N–H and O–H groups in total. The molecule has 0 radical (unpaired) electrons. The minimum atomic E-state index is -2.96. The Morgan fingerprint density at radius 3 is 2.62 bits per heavy atom. The number of rotatable bonds is 2. The van der Waals surface area contributed by atoms with Crippen molar-refractivity contribution < 1.29 is 18.9 Å². The van der Waals surface area contributed by atoms with E-state index >= 15 is 0 Å². The fourth-order valence-corrected chi connectivity index (χ4v) is 2.11. The van der Waals surface area contributed by atoms with E-state index in [0.717, 1.165) is 11.3 Å². The maximum absolute atomic E-state index is 7.97. The maximum Gasteiger partial charge on any atom is 0.505 e. The van der Waals surface area contributed by atoms with Gasteiger partial charge in [0, 0.05) is 11.6 Å². The van der Waals surface area contributed by atoms with Gasteiger partial charge in [-0.05, 0) is 51.0 Å². The van der Waals surface area contributed by atoms with Crippen LogP contribution in [-0.4, -0.2) is 18.3 Å². The highest BCUT2D eigenvalue weighted by Crippen LogP contribution is 2.37. The zero-order valence-electron chi connectivity index (χ0n) is 16.8. The van der Waals surface area contributed by atoms with Crippen LogP contribution in [0, 0.1) is 0 Å². The molecule has 1 aliphatic rings. The van der Waals surface area contributed by atoms with Crippen LogP contribution in [0.1, 0.15) is 49.7 Å². The van der Waals surface area contributed by atoms with Crippen LogP contribution >= 0.6 is 11.3 Å². The van der Waals surface area contributed by atoms with Crippen molar-refractivity contribution in [2.75, 3.05) is 0 Å². The lowest BCUT2D eigenvalue weighted by molar-refractivity contribution is 0.00578. The van der Waals surface area contributed by atoms with Crippen molar-refractivity contribution >= 4 is 23.2 Å². The zero-order chi connectivity index (χ0) is 18.0. The van der Waals surface area contributed by atoms with Gasteiger partial charge < -0.3 is 9.31 Å². The molecule has 1 saturated heterocycles. The molecule has 1 aliphatic heterocycles. The summed E-state index contributed by atoms with van der Waals surface area (Å²) < 4.78 is 65.8. The molecule has 0 saturated carbocycles. The van der Waals surface area contributed by atoms with Crippen LogP contribution < -0.4 is 4.78 Å². The van der Waals surface area contributed by atoms with E-state index in [9.17, 15) is 0 Å². The number of hydrogen-bond donors (Lipinski definition) is 0. The lowest BCUT2D eigenvalue weighted by atomic mass is 9.84. The van der Waals surface area contributed by atoms with Crippen LogP contribution in [0.4, 0.5) is 0 Å². The van der Waals surface area contributed by atoms with Crippen molar-refractivity contribution in [3.8, 4) is 0 Å². The highest BCUT2D eigenvalue weighted by Gasteiger charge is 2.52. The summed E-state index contributed by atoms with van der Waals surface area (Å²) in [7, 11) is -0.999. The standard InChI is InChI=1S/C12H19BO2S/c1-6-9-7-8-16-10(9)13-14-11(2,3)12(4,5)15-13/h7-8H,6H2,1-5H3/i1D3,6D2,7D,8D. The lowest BCUT2D eigenvalue weighted by Crippen LogP contribution is -2.41.